The van der Waals surface area contributed by atoms with Crippen LogP contribution in [0.5, 0.6) is 0 Å². The van der Waals surface area contributed by atoms with Crippen LogP contribution >= 0.6 is 0 Å². The Morgan fingerprint density at radius 2 is 1.78 bits per heavy atom. The summed E-state index contributed by atoms with van der Waals surface area (Å²) in [7, 11) is -1.46. The van der Waals surface area contributed by atoms with E-state index >= 15 is 0 Å². The molecule has 0 unspecified atom stereocenters. The maximum Gasteiger partial charge on any atom is 0.264 e. The Balaban J connectivity index is 1.43. The normalized spacial score (nSPS) is 18.2. The molecule has 1 saturated heterocycles. The van der Waals surface area contributed by atoms with Crippen molar-refractivity contribution in [2.75, 3.05) is 30.8 Å². The number of amides is 1. The first-order valence-corrected chi connectivity index (χ1v) is 15.9. The average molecular weight is 584 g/mol. The van der Waals surface area contributed by atoms with Crippen molar-refractivity contribution in [3.05, 3.63) is 64.5 Å². The molecule has 4 heterocycles. The number of rotatable bonds is 5. The highest BCUT2D eigenvalue weighted by molar-refractivity contribution is 7.88. The third-order valence-electron chi connectivity index (χ3n) is 8.80. The van der Waals surface area contributed by atoms with Crippen LogP contribution in [0.4, 0.5) is 20.2 Å². The zero-order chi connectivity index (χ0) is 29.1. The maximum atomic E-state index is 14.5. The van der Waals surface area contributed by atoms with Gasteiger partial charge in [0.05, 0.1) is 12.5 Å². The number of sulfonamides is 1. The first-order valence-electron chi connectivity index (χ1n) is 14.1. The molecule has 0 aliphatic carbocycles. The second kappa shape index (κ2) is 10.5. The quantitative estimate of drug-likeness (QED) is 0.417. The fourth-order valence-electron chi connectivity index (χ4n) is 6.63. The van der Waals surface area contributed by atoms with Gasteiger partial charge in [0.25, 0.3) is 6.43 Å². The van der Waals surface area contributed by atoms with Crippen LogP contribution in [0, 0.1) is 0 Å². The Bertz CT molecular complexity index is 1610. The van der Waals surface area contributed by atoms with Crippen LogP contribution in [-0.4, -0.2) is 59.2 Å². The number of aromatic nitrogens is 2. The Labute approximate surface area is 239 Å². The van der Waals surface area contributed by atoms with Gasteiger partial charge in [0.1, 0.15) is 0 Å². The van der Waals surface area contributed by atoms with Crippen LogP contribution in [-0.2, 0) is 41.4 Å². The molecular weight excluding hydrogens is 548 g/mol. The minimum atomic E-state index is -3.24. The Kier molecular flexibility index (Phi) is 7.14. The minimum Gasteiger partial charge on any atom is -0.341 e. The lowest BCUT2D eigenvalue weighted by atomic mass is 9.87. The lowest BCUT2D eigenvalue weighted by molar-refractivity contribution is -0.129. The molecule has 0 spiro atoms. The van der Waals surface area contributed by atoms with E-state index < -0.39 is 16.4 Å². The van der Waals surface area contributed by atoms with Gasteiger partial charge in [0.15, 0.2) is 0 Å². The van der Waals surface area contributed by atoms with E-state index in [2.05, 4.69) is 22.1 Å². The van der Waals surface area contributed by atoms with E-state index in [1.165, 1.54) is 10.6 Å². The smallest absolute Gasteiger partial charge is 0.264 e. The van der Waals surface area contributed by atoms with Gasteiger partial charge in [0, 0.05) is 81.0 Å². The number of benzene rings is 2. The van der Waals surface area contributed by atoms with E-state index in [1.807, 2.05) is 11.0 Å². The lowest BCUT2D eigenvalue weighted by Crippen LogP contribution is -2.37. The second-order valence-electron chi connectivity index (χ2n) is 11.5. The van der Waals surface area contributed by atoms with Crippen molar-refractivity contribution in [2.24, 2.45) is 7.05 Å². The van der Waals surface area contributed by atoms with E-state index in [0.29, 0.717) is 56.7 Å². The highest BCUT2D eigenvalue weighted by Gasteiger charge is 2.33. The number of aryl methyl sites for hydroxylation is 2. The highest BCUT2D eigenvalue weighted by Crippen LogP contribution is 2.45. The number of piperidine rings is 1. The summed E-state index contributed by atoms with van der Waals surface area (Å²) in [5, 5.41) is 4.19. The van der Waals surface area contributed by atoms with Crippen molar-refractivity contribution < 1.29 is 22.0 Å². The Morgan fingerprint density at radius 3 is 2.41 bits per heavy atom. The molecule has 3 aliphatic rings. The van der Waals surface area contributed by atoms with Crippen molar-refractivity contribution in [1.82, 2.24) is 19.0 Å². The Morgan fingerprint density at radius 1 is 1.02 bits per heavy atom. The molecule has 218 valence electrons. The largest absolute Gasteiger partial charge is 0.341 e. The van der Waals surface area contributed by atoms with Crippen molar-refractivity contribution >= 4 is 27.3 Å². The van der Waals surface area contributed by atoms with Gasteiger partial charge in [-0.2, -0.15) is 5.10 Å². The molecule has 1 fully saturated rings. The SMILES string of the molecule is CC(=O)N1Cc2cc(C3CCN(S(C)(=O)=O)CC3)cc(N3CCCc4cc(-c5cnn(C)c5)c(C(F)F)cc43)c2C1. The molecule has 1 aromatic heterocycles. The van der Waals surface area contributed by atoms with E-state index in [0.717, 1.165) is 46.5 Å². The number of nitrogens with zero attached hydrogens (tertiary/aromatic N) is 5. The summed E-state index contributed by atoms with van der Waals surface area (Å²) >= 11 is 0. The van der Waals surface area contributed by atoms with Crippen molar-refractivity contribution in [3.8, 4) is 11.1 Å². The third kappa shape index (κ3) is 5.25. The van der Waals surface area contributed by atoms with Gasteiger partial charge in [-0.25, -0.2) is 21.5 Å². The average Bonchev–Trinajstić information content (AvgIpc) is 3.57. The predicted octanol–water partition coefficient (Wildman–Crippen LogP) is 5.11. The van der Waals surface area contributed by atoms with Crippen molar-refractivity contribution in [2.45, 2.75) is 58.0 Å². The summed E-state index contributed by atoms with van der Waals surface area (Å²) in [4.78, 5) is 16.3. The first-order chi connectivity index (χ1) is 19.5. The molecule has 3 aliphatic heterocycles. The van der Waals surface area contributed by atoms with Gasteiger partial charge in [-0.15, -0.1) is 0 Å². The number of carbonyl (C=O) groups is 1. The van der Waals surface area contributed by atoms with Gasteiger partial charge in [-0.3, -0.25) is 9.48 Å². The molecule has 6 rings (SSSR count). The monoisotopic (exact) mass is 583 g/mol. The molecule has 0 N–H and O–H groups in total. The summed E-state index contributed by atoms with van der Waals surface area (Å²) in [5.41, 5.74) is 7.17. The number of anilines is 2. The minimum absolute atomic E-state index is 0.00435. The number of hydrogen-bond donors (Lipinski definition) is 0. The van der Waals surface area contributed by atoms with Crippen LogP contribution < -0.4 is 4.90 Å². The molecule has 41 heavy (non-hydrogen) atoms. The summed E-state index contributed by atoms with van der Waals surface area (Å²) in [6, 6.07) is 7.87. The van der Waals surface area contributed by atoms with Crippen molar-refractivity contribution in [3.63, 3.8) is 0 Å². The molecule has 1 amide bonds. The van der Waals surface area contributed by atoms with Gasteiger partial charge >= 0.3 is 0 Å². The molecule has 11 heteroatoms. The fourth-order valence-corrected chi connectivity index (χ4v) is 7.50. The lowest BCUT2D eigenvalue weighted by Gasteiger charge is -2.35. The summed E-state index contributed by atoms with van der Waals surface area (Å²) in [6.45, 7) is 4.18. The molecule has 0 saturated carbocycles. The van der Waals surface area contributed by atoms with E-state index in [4.69, 9.17) is 0 Å². The molecule has 0 atom stereocenters. The fraction of sp³-hybridized carbons (Fsp3) is 0.467. The van der Waals surface area contributed by atoms with Crippen LogP contribution in [0.15, 0.2) is 36.7 Å². The third-order valence-corrected chi connectivity index (χ3v) is 10.1. The topological polar surface area (TPSA) is 78.8 Å². The zero-order valence-corrected chi connectivity index (χ0v) is 24.4. The van der Waals surface area contributed by atoms with E-state index in [9.17, 15) is 22.0 Å². The highest BCUT2D eigenvalue weighted by atomic mass is 32.2. The van der Waals surface area contributed by atoms with Gasteiger partial charge < -0.3 is 9.80 Å². The van der Waals surface area contributed by atoms with E-state index in [-0.39, 0.29) is 17.4 Å². The molecule has 8 nitrogen and oxygen atoms in total. The number of hydrogen-bond acceptors (Lipinski definition) is 5. The van der Waals surface area contributed by atoms with Crippen LogP contribution in [0.2, 0.25) is 0 Å². The molecule has 0 bridgehead atoms. The number of alkyl halides is 2. The van der Waals surface area contributed by atoms with E-state index in [1.54, 1.807) is 37.1 Å². The number of fused-ring (bicyclic) bond motifs is 2. The zero-order valence-electron chi connectivity index (χ0n) is 23.6. The molecule has 2 aromatic carbocycles. The summed E-state index contributed by atoms with van der Waals surface area (Å²) in [5.74, 6) is 0.174. The molecule has 3 aromatic rings. The molecular formula is C30H35F2N5O3S. The van der Waals surface area contributed by atoms with Crippen molar-refractivity contribution in [1.29, 1.82) is 0 Å². The number of carbonyl (C=O) groups excluding carboxylic acids is 1. The van der Waals surface area contributed by atoms with Crippen LogP contribution in [0.3, 0.4) is 0 Å². The predicted molar refractivity (Wildman–Crippen MR) is 154 cm³/mol. The maximum absolute atomic E-state index is 14.5. The summed E-state index contributed by atoms with van der Waals surface area (Å²) in [6.07, 6.45) is 5.06. The van der Waals surface area contributed by atoms with Gasteiger partial charge in [0.2, 0.25) is 15.9 Å². The van der Waals surface area contributed by atoms with Gasteiger partial charge in [-0.05, 0) is 72.1 Å². The molecule has 0 radical (unpaired) electrons. The Hall–Kier alpha value is -3.31. The number of halogens is 2. The standard InChI is InChI=1S/C30H35F2N5O3S/c1-19(38)35-17-23-11-22(20-6-9-36(10-7-20)41(3,39)40)13-29(27(23)18-35)37-8-4-5-21-12-25(24-15-33-34(2)16-24)26(30(31)32)14-28(21)37/h11-16,20,30H,4-10,17-18H2,1-3H3. The van der Waals surface area contributed by atoms with Gasteiger partial charge in [-0.1, -0.05) is 6.07 Å². The van der Waals surface area contributed by atoms with Crippen LogP contribution in [0.25, 0.3) is 11.1 Å². The first kappa shape index (κ1) is 27.8. The second-order valence-corrected chi connectivity index (χ2v) is 13.5. The summed E-state index contributed by atoms with van der Waals surface area (Å²) < 4.78 is 56.2. The van der Waals surface area contributed by atoms with Crippen LogP contribution in [0.1, 0.15) is 66.3 Å².